The van der Waals surface area contributed by atoms with Crippen LogP contribution in [-0.2, 0) is 11.3 Å². The topological polar surface area (TPSA) is 38.1 Å². The van der Waals surface area contributed by atoms with E-state index in [1.165, 1.54) is 56.9 Å². The fourth-order valence-corrected chi connectivity index (χ4v) is 4.81. The Kier molecular flexibility index (Phi) is 5.28. The van der Waals surface area contributed by atoms with Crippen LogP contribution in [0.2, 0.25) is 0 Å². The second-order valence-corrected chi connectivity index (χ2v) is 8.06. The maximum atomic E-state index is 12.7. The van der Waals surface area contributed by atoms with E-state index in [9.17, 15) is 4.79 Å². The summed E-state index contributed by atoms with van der Waals surface area (Å²) >= 11 is 0. The van der Waals surface area contributed by atoms with Crippen molar-refractivity contribution >= 4 is 16.9 Å². The summed E-state index contributed by atoms with van der Waals surface area (Å²) in [6.45, 7) is 4.11. The molecule has 1 saturated carbocycles. The van der Waals surface area contributed by atoms with Gasteiger partial charge < -0.3 is 9.47 Å². The summed E-state index contributed by atoms with van der Waals surface area (Å²) < 4.78 is 2.40. The molecular weight excluding hydrogens is 322 g/mol. The Morgan fingerprint density at radius 3 is 2.73 bits per heavy atom. The van der Waals surface area contributed by atoms with E-state index >= 15 is 0 Å². The molecule has 26 heavy (non-hydrogen) atoms. The van der Waals surface area contributed by atoms with Gasteiger partial charge in [0.05, 0.1) is 11.0 Å². The van der Waals surface area contributed by atoms with Gasteiger partial charge >= 0.3 is 0 Å². The number of para-hydroxylation sites is 2. The molecule has 1 saturated heterocycles. The van der Waals surface area contributed by atoms with Gasteiger partial charge in [0, 0.05) is 31.5 Å². The fraction of sp³-hybridized carbons (Fsp3) is 0.636. The van der Waals surface area contributed by atoms with Crippen molar-refractivity contribution in [2.75, 3.05) is 6.54 Å². The lowest BCUT2D eigenvalue weighted by atomic mass is 9.94. The minimum absolute atomic E-state index is 0.249. The maximum absolute atomic E-state index is 12.7. The molecule has 0 spiro atoms. The zero-order chi connectivity index (χ0) is 17.9. The minimum atomic E-state index is 0.249. The zero-order valence-corrected chi connectivity index (χ0v) is 16.0. The van der Waals surface area contributed by atoms with Gasteiger partial charge in [-0.2, -0.15) is 0 Å². The summed E-state index contributed by atoms with van der Waals surface area (Å²) in [6.07, 6.45) is 10.5. The van der Waals surface area contributed by atoms with E-state index in [-0.39, 0.29) is 5.92 Å². The van der Waals surface area contributed by atoms with Crippen molar-refractivity contribution < 1.29 is 4.79 Å². The predicted molar refractivity (Wildman–Crippen MR) is 105 cm³/mol. The zero-order valence-electron chi connectivity index (χ0n) is 16.0. The molecule has 2 heterocycles. The third-order valence-electron chi connectivity index (χ3n) is 6.21. The highest BCUT2D eigenvalue weighted by Crippen LogP contribution is 2.34. The number of aryl methyl sites for hydroxylation is 1. The molecule has 4 rings (SSSR count). The maximum Gasteiger partial charge on any atom is 0.223 e. The number of hydrogen-bond donors (Lipinski definition) is 0. The molecule has 1 aliphatic carbocycles. The first kappa shape index (κ1) is 17.6. The highest BCUT2D eigenvalue weighted by molar-refractivity contribution is 5.81. The number of likely N-dealkylation sites (tertiary alicyclic amines) is 1. The van der Waals surface area contributed by atoms with Gasteiger partial charge in [-0.05, 0) is 31.4 Å². The number of benzene rings is 1. The Labute approximate surface area is 156 Å². The van der Waals surface area contributed by atoms with Crippen LogP contribution in [-0.4, -0.2) is 32.9 Å². The molecule has 0 N–H and O–H groups in total. The van der Waals surface area contributed by atoms with E-state index < -0.39 is 0 Å². The first-order valence-electron chi connectivity index (χ1n) is 10.5. The molecule has 140 valence electrons. The number of carbonyl (C=O) groups excluding carboxylic acids is 1. The Bertz CT molecular complexity index is 760. The Morgan fingerprint density at radius 1 is 1.12 bits per heavy atom. The number of amides is 1. The SMILES string of the molecule is CCCCCn1c(C2CC(=O)N(C3CCCCC3)C2)nc2ccccc21. The molecule has 4 nitrogen and oxygen atoms in total. The van der Waals surface area contributed by atoms with Crippen LogP contribution in [0.1, 0.15) is 76.5 Å². The highest BCUT2D eigenvalue weighted by Gasteiger charge is 2.37. The number of aromatic nitrogens is 2. The van der Waals surface area contributed by atoms with Crippen molar-refractivity contribution in [1.82, 2.24) is 14.5 Å². The standard InChI is InChI=1S/C22H31N3O/c1-2-3-9-14-24-20-13-8-7-12-19(20)23-22(24)17-15-21(26)25(16-17)18-10-5-4-6-11-18/h7-8,12-13,17-18H,2-6,9-11,14-16H2,1H3. The molecule has 4 heteroatoms. The van der Waals surface area contributed by atoms with Gasteiger partial charge in [0.1, 0.15) is 5.82 Å². The second-order valence-electron chi connectivity index (χ2n) is 8.06. The lowest BCUT2D eigenvalue weighted by Crippen LogP contribution is -2.37. The molecule has 2 aliphatic rings. The number of hydrogen-bond acceptors (Lipinski definition) is 2. The van der Waals surface area contributed by atoms with E-state index in [0.717, 1.165) is 24.4 Å². The van der Waals surface area contributed by atoms with Gasteiger partial charge in [0.2, 0.25) is 5.91 Å². The Hall–Kier alpha value is -1.84. The Morgan fingerprint density at radius 2 is 1.92 bits per heavy atom. The van der Waals surface area contributed by atoms with E-state index in [0.29, 0.717) is 18.4 Å². The molecule has 1 atom stereocenters. The van der Waals surface area contributed by atoms with Crippen LogP contribution in [0.4, 0.5) is 0 Å². The van der Waals surface area contributed by atoms with Crippen LogP contribution in [0, 0.1) is 0 Å². The van der Waals surface area contributed by atoms with E-state index in [4.69, 9.17) is 4.98 Å². The van der Waals surface area contributed by atoms with E-state index in [1.807, 2.05) is 0 Å². The van der Waals surface area contributed by atoms with Crippen LogP contribution >= 0.6 is 0 Å². The molecule has 1 aliphatic heterocycles. The van der Waals surface area contributed by atoms with Gasteiger partial charge in [-0.25, -0.2) is 4.98 Å². The number of rotatable bonds is 6. The van der Waals surface area contributed by atoms with E-state index in [1.54, 1.807) is 0 Å². The van der Waals surface area contributed by atoms with Crippen LogP contribution < -0.4 is 0 Å². The van der Waals surface area contributed by atoms with Crippen LogP contribution in [0.25, 0.3) is 11.0 Å². The first-order chi connectivity index (χ1) is 12.8. The third kappa shape index (κ3) is 3.38. The van der Waals surface area contributed by atoms with Gasteiger partial charge in [-0.15, -0.1) is 0 Å². The Balaban J connectivity index is 1.59. The van der Waals surface area contributed by atoms with Gasteiger partial charge in [-0.3, -0.25) is 4.79 Å². The molecule has 0 bridgehead atoms. The third-order valence-corrected chi connectivity index (χ3v) is 6.21. The lowest BCUT2D eigenvalue weighted by Gasteiger charge is -2.31. The van der Waals surface area contributed by atoms with Crippen LogP contribution in [0.5, 0.6) is 0 Å². The summed E-state index contributed by atoms with van der Waals surface area (Å²) in [6, 6.07) is 8.90. The average molecular weight is 354 g/mol. The molecule has 0 radical (unpaired) electrons. The summed E-state index contributed by atoms with van der Waals surface area (Å²) in [4.78, 5) is 19.9. The monoisotopic (exact) mass is 353 g/mol. The van der Waals surface area contributed by atoms with Crippen molar-refractivity contribution in [1.29, 1.82) is 0 Å². The number of fused-ring (bicyclic) bond motifs is 1. The normalized spacial score (nSPS) is 21.8. The molecule has 2 fully saturated rings. The van der Waals surface area contributed by atoms with Gasteiger partial charge in [0.15, 0.2) is 0 Å². The number of imidazole rings is 1. The quantitative estimate of drug-likeness (QED) is 0.695. The molecule has 2 aromatic rings. The predicted octanol–water partition coefficient (Wildman–Crippen LogP) is 4.88. The number of carbonyl (C=O) groups is 1. The van der Waals surface area contributed by atoms with Crippen molar-refractivity contribution in [3.63, 3.8) is 0 Å². The van der Waals surface area contributed by atoms with Gasteiger partial charge in [0.25, 0.3) is 0 Å². The van der Waals surface area contributed by atoms with Crippen molar-refractivity contribution in [3.05, 3.63) is 30.1 Å². The number of nitrogens with zero attached hydrogens (tertiary/aromatic N) is 3. The summed E-state index contributed by atoms with van der Waals surface area (Å²) in [5, 5.41) is 0. The fourth-order valence-electron chi connectivity index (χ4n) is 4.81. The average Bonchev–Trinajstić information content (AvgIpc) is 3.23. The van der Waals surface area contributed by atoms with Gasteiger partial charge in [-0.1, -0.05) is 51.2 Å². The largest absolute Gasteiger partial charge is 0.339 e. The van der Waals surface area contributed by atoms with E-state index in [2.05, 4.69) is 40.7 Å². The smallest absolute Gasteiger partial charge is 0.223 e. The molecule has 1 aromatic carbocycles. The van der Waals surface area contributed by atoms with Crippen molar-refractivity contribution in [3.8, 4) is 0 Å². The minimum Gasteiger partial charge on any atom is -0.339 e. The summed E-state index contributed by atoms with van der Waals surface area (Å²) in [5.41, 5.74) is 2.30. The van der Waals surface area contributed by atoms with Crippen molar-refractivity contribution in [2.45, 2.75) is 83.2 Å². The first-order valence-corrected chi connectivity index (χ1v) is 10.5. The lowest BCUT2D eigenvalue weighted by molar-refractivity contribution is -0.130. The summed E-state index contributed by atoms with van der Waals surface area (Å²) in [5.74, 6) is 1.72. The van der Waals surface area contributed by atoms with Crippen LogP contribution in [0.3, 0.4) is 0 Å². The number of unbranched alkanes of at least 4 members (excludes halogenated alkanes) is 2. The molecular formula is C22H31N3O. The van der Waals surface area contributed by atoms with Crippen LogP contribution in [0.15, 0.2) is 24.3 Å². The summed E-state index contributed by atoms with van der Waals surface area (Å²) in [7, 11) is 0. The molecule has 1 amide bonds. The second kappa shape index (κ2) is 7.81. The van der Waals surface area contributed by atoms with Crippen molar-refractivity contribution in [2.24, 2.45) is 0 Å². The molecule has 1 aromatic heterocycles. The highest BCUT2D eigenvalue weighted by atomic mass is 16.2. The molecule has 1 unspecified atom stereocenters.